The van der Waals surface area contributed by atoms with Crippen molar-refractivity contribution in [3.63, 3.8) is 0 Å². The van der Waals surface area contributed by atoms with Crippen LogP contribution < -0.4 is 5.73 Å². The molecule has 0 saturated carbocycles. The van der Waals surface area contributed by atoms with Crippen LogP contribution in [0, 0.1) is 0 Å². The molecule has 4 atom stereocenters. The maximum absolute atomic E-state index is 11.6. The van der Waals surface area contributed by atoms with Crippen LogP contribution in [0.25, 0.3) is 0 Å². The van der Waals surface area contributed by atoms with Gasteiger partial charge in [-0.25, -0.2) is 9.86 Å². The van der Waals surface area contributed by atoms with Gasteiger partial charge in [-0.2, -0.15) is 4.99 Å². The molecule has 2 rings (SSSR count). The Bertz CT molecular complexity index is 377. The van der Waals surface area contributed by atoms with Gasteiger partial charge in [0.1, 0.15) is 25.0 Å². The van der Waals surface area contributed by atoms with Crippen molar-refractivity contribution in [2.75, 3.05) is 13.3 Å². The van der Waals surface area contributed by atoms with Crippen LogP contribution in [0.15, 0.2) is 4.99 Å². The highest BCUT2D eigenvalue weighted by molar-refractivity contribution is 5.93. The minimum atomic E-state index is -1.41. The average molecular weight is 262 g/mol. The first-order valence-corrected chi connectivity index (χ1v) is 5.19. The first-order chi connectivity index (χ1) is 8.45. The lowest BCUT2D eigenvalue weighted by Gasteiger charge is -2.34. The summed E-state index contributed by atoms with van der Waals surface area (Å²) in [5.74, 6) is -0.372. The Morgan fingerprint density at radius 3 is 2.67 bits per heavy atom. The molecule has 0 unspecified atom stereocenters. The van der Waals surface area contributed by atoms with Gasteiger partial charge in [-0.1, -0.05) is 0 Å². The fourth-order valence-corrected chi connectivity index (χ4v) is 1.82. The van der Waals surface area contributed by atoms with Crippen molar-refractivity contribution >= 4 is 12.0 Å². The Hall–Kier alpha value is -1.46. The van der Waals surface area contributed by atoms with Crippen LogP contribution in [-0.4, -0.2) is 80.3 Å². The van der Waals surface area contributed by atoms with E-state index in [1.165, 1.54) is 0 Å². The Balaban J connectivity index is 2.16. The summed E-state index contributed by atoms with van der Waals surface area (Å²) < 4.78 is 5.14. The first kappa shape index (κ1) is 13.0. The maximum Gasteiger partial charge on any atom is 0.350 e. The fraction of sp³-hybridized carbons (Fsp3) is 0.750. The molecule has 10 heteroatoms. The van der Waals surface area contributed by atoms with Gasteiger partial charge in [-0.3, -0.25) is 10.1 Å². The molecular weight excluding hydrogens is 248 g/mol. The lowest BCUT2D eigenvalue weighted by Crippen LogP contribution is -2.56. The Kier molecular flexibility index (Phi) is 3.36. The van der Waals surface area contributed by atoms with E-state index < -0.39 is 37.2 Å². The first-order valence-electron chi connectivity index (χ1n) is 5.19. The molecule has 0 aromatic heterocycles. The molecule has 0 aliphatic carbocycles. The molecule has 0 bridgehead atoms. The predicted molar refractivity (Wildman–Crippen MR) is 55.1 cm³/mol. The normalized spacial score (nSPS) is 37.1. The minimum Gasteiger partial charge on any atom is -0.394 e. The second kappa shape index (κ2) is 4.66. The van der Waals surface area contributed by atoms with Crippen molar-refractivity contribution in [1.29, 1.82) is 0 Å². The van der Waals surface area contributed by atoms with Gasteiger partial charge in [-0.15, -0.1) is 0 Å². The largest absolute Gasteiger partial charge is 0.394 e. The number of ether oxygens (including phenoxy) is 1. The molecule has 2 heterocycles. The van der Waals surface area contributed by atoms with Gasteiger partial charge in [0.25, 0.3) is 0 Å². The fourth-order valence-electron chi connectivity index (χ4n) is 1.82. The van der Waals surface area contributed by atoms with E-state index in [9.17, 15) is 20.2 Å². The highest BCUT2D eigenvalue weighted by Gasteiger charge is 2.47. The number of amides is 2. The number of urea groups is 1. The second-order valence-corrected chi connectivity index (χ2v) is 3.99. The smallest absolute Gasteiger partial charge is 0.350 e. The van der Waals surface area contributed by atoms with Crippen molar-refractivity contribution in [3.8, 4) is 0 Å². The SMILES string of the molecule is NC1=NC(=O)N([C@@H]2O[C@H](CO)[C@@H](O)[C@H]2O)CN1O. The molecule has 2 amide bonds. The summed E-state index contributed by atoms with van der Waals surface area (Å²) in [6, 6.07) is -0.812. The monoisotopic (exact) mass is 262 g/mol. The number of guanidine groups is 1. The number of nitrogens with zero attached hydrogens (tertiary/aromatic N) is 3. The molecule has 2 aliphatic rings. The third kappa shape index (κ3) is 2.00. The number of hydrogen-bond acceptors (Lipinski definition) is 8. The summed E-state index contributed by atoms with van der Waals surface area (Å²) in [5, 5.41) is 38.0. The van der Waals surface area contributed by atoms with Crippen molar-refractivity contribution in [1.82, 2.24) is 9.96 Å². The highest BCUT2D eigenvalue weighted by atomic mass is 16.6. The van der Waals surface area contributed by atoms with Crippen LogP contribution in [0.1, 0.15) is 0 Å². The average Bonchev–Trinajstić information content (AvgIpc) is 2.61. The molecule has 1 fully saturated rings. The van der Waals surface area contributed by atoms with E-state index in [1.807, 2.05) is 0 Å². The number of hydroxylamine groups is 2. The third-order valence-electron chi connectivity index (χ3n) is 2.83. The molecule has 0 spiro atoms. The Morgan fingerprint density at radius 2 is 2.11 bits per heavy atom. The van der Waals surface area contributed by atoms with Gasteiger partial charge in [0.15, 0.2) is 6.23 Å². The van der Waals surface area contributed by atoms with Crippen molar-refractivity contribution < 1.29 is 30.1 Å². The number of carbonyl (C=O) groups excluding carboxylic acids is 1. The minimum absolute atomic E-state index is 0.360. The number of carbonyl (C=O) groups is 1. The lowest BCUT2D eigenvalue weighted by molar-refractivity contribution is -0.127. The van der Waals surface area contributed by atoms with Gasteiger partial charge >= 0.3 is 6.03 Å². The van der Waals surface area contributed by atoms with E-state index in [4.69, 9.17) is 15.6 Å². The van der Waals surface area contributed by atoms with Crippen LogP contribution in [0.3, 0.4) is 0 Å². The molecule has 18 heavy (non-hydrogen) atoms. The quantitative estimate of drug-likeness (QED) is 0.349. The zero-order valence-electron chi connectivity index (χ0n) is 9.25. The van der Waals surface area contributed by atoms with Crippen LogP contribution in [-0.2, 0) is 4.74 Å². The van der Waals surface area contributed by atoms with Crippen molar-refractivity contribution in [2.45, 2.75) is 24.5 Å². The topological polar surface area (TPSA) is 152 Å². The maximum atomic E-state index is 11.6. The van der Waals surface area contributed by atoms with Crippen LogP contribution in [0.4, 0.5) is 4.79 Å². The number of aliphatic imine (C=N–C) groups is 1. The molecule has 10 nitrogen and oxygen atoms in total. The number of aliphatic hydroxyl groups is 3. The van der Waals surface area contributed by atoms with E-state index in [-0.39, 0.29) is 12.6 Å². The summed E-state index contributed by atoms with van der Waals surface area (Å²) in [6.45, 7) is -0.869. The summed E-state index contributed by atoms with van der Waals surface area (Å²) in [6.07, 6.45) is -4.96. The molecule has 2 aliphatic heterocycles. The standard InChI is InChI=1S/C8H14N4O6/c9-7-10-8(16)11(2-12(7)17)6-5(15)4(14)3(1-13)18-6/h3-6,13-15,17H,1-2H2,(H2,9,10,16)/t3-,4-,5-,6-/m1/s1. The Labute approximate surface area is 101 Å². The van der Waals surface area contributed by atoms with Gasteiger partial charge in [0.05, 0.1) is 6.61 Å². The van der Waals surface area contributed by atoms with Gasteiger partial charge in [0.2, 0.25) is 5.96 Å². The summed E-state index contributed by atoms with van der Waals surface area (Å²) in [7, 11) is 0. The third-order valence-corrected chi connectivity index (χ3v) is 2.83. The van der Waals surface area contributed by atoms with E-state index in [1.54, 1.807) is 0 Å². The van der Waals surface area contributed by atoms with Gasteiger partial charge in [0, 0.05) is 0 Å². The predicted octanol–water partition coefficient (Wildman–Crippen LogP) is -3.18. The molecular formula is C8H14N4O6. The summed E-state index contributed by atoms with van der Waals surface area (Å²) >= 11 is 0. The lowest BCUT2D eigenvalue weighted by atomic mass is 10.1. The number of rotatable bonds is 2. The number of hydrogen-bond donors (Lipinski definition) is 5. The van der Waals surface area contributed by atoms with Gasteiger partial charge < -0.3 is 25.8 Å². The zero-order valence-corrected chi connectivity index (χ0v) is 9.25. The van der Waals surface area contributed by atoms with E-state index in [0.29, 0.717) is 5.06 Å². The number of nitrogens with two attached hydrogens (primary N) is 1. The summed E-state index contributed by atoms with van der Waals surface area (Å²) in [4.78, 5) is 15.8. The van der Waals surface area contributed by atoms with E-state index >= 15 is 0 Å². The molecule has 0 radical (unpaired) electrons. The highest BCUT2D eigenvalue weighted by Crippen LogP contribution is 2.25. The molecule has 6 N–H and O–H groups in total. The van der Waals surface area contributed by atoms with Crippen LogP contribution in [0.2, 0.25) is 0 Å². The zero-order chi connectivity index (χ0) is 13.4. The number of aliphatic hydroxyl groups excluding tert-OH is 3. The van der Waals surface area contributed by atoms with Gasteiger partial charge in [-0.05, 0) is 0 Å². The van der Waals surface area contributed by atoms with Crippen LogP contribution in [0.5, 0.6) is 0 Å². The molecule has 1 saturated heterocycles. The van der Waals surface area contributed by atoms with Crippen molar-refractivity contribution in [2.24, 2.45) is 10.7 Å². The Morgan fingerprint density at radius 1 is 1.44 bits per heavy atom. The second-order valence-electron chi connectivity index (χ2n) is 3.99. The van der Waals surface area contributed by atoms with Crippen molar-refractivity contribution in [3.05, 3.63) is 0 Å². The summed E-state index contributed by atoms with van der Waals surface area (Å²) in [5.41, 5.74) is 5.23. The van der Waals surface area contributed by atoms with E-state index in [2.05, 4.69) is 4.99 Å². The van der Waals surface area contributed by atoms with Crippen LogP contribution >= 0.6 is 0 Å². The van der Waals surface area contributed by atoms with E-state index in [0.717, 1.165) is 4.90 Å². The molecule has 0 aromatic carbocycles. The molecule has 0 aromatic rings. The molecule has 102 valence electrons.